The Kier molecular flexibility index (Phi) is 4.55. The fourth-order valence-corrected chi connectivity index (χ4v) is 3.06. The van der Waals surface area contributed by atoms with Crippen LogP contribution in [0.1, 0.15) is 25.7 Å². The van der Waals surface area contributed by atoms with Gasteiger partial charge < -0.3 is 4.90 Å². The van der Waals surface area contributed by atoms with Gasteiger partial charge in [-0.3, -0.25) is 4.79 Å². The highest BCUT2D eigenvalue weighted by molar-refractivity contribution is 7.89. The zero-order valence-corrected chi connectivity index (χ0v) is 11.5. The summed E-state index contributed by atoms with van der Waals surface area (Å²) >= 11 is 0. The van der Waals surface area contributed by atoms with Crippen LogP contribution < -0.4 is 4.72 Å². The summed E-state index contributed by atoms with van der Waals surface area (Å²) in [5.41, 5.74) is 0. The van der Waals surface area contributed by atoms with Crippen LogP contribution in [-0.2, 0) is 14.8 Å². The molecule has 1 heterocycles. The predicted molar refractivity (Wildman–Crippen MR) is 71.8 cm³/mol. The Morgan fingerprint density at radius 1 is 1.11 bits per heavy atom. The summed E-state index contributed by atoms with van der Waals surface area (Å²) in [5, 5.41) is 0. The molecule has 1 aromatic rings. The van der Waals surface area contributed by atoms with Crippen LogP contribution >= 0.6 is 0 Å². The fraction of sp³-hybridized carbons (Fsp3) is 0.462. The van der Waals surface area contributed by atoms with Crippen molar-refractivity contribution in [2.75, 3.05) is 13.2 Å². The lowest BCUT2D eigenvalue weighted by atomic mass is 10.2. The number of hydrogen-bond acceptors (Lipinski definition) is 3. The molecule has 0 spiro atoms. The molecular formula is C13H18N2O3S. The number of carbonyl (C=O) groups is 1. The lowest BCUT2D eigenvalue weighted by Crippen LogP contribution is -2.40. The molecule has 0 saturated carbocycles. The van der Waals surface area contributed by atoms with E-state index in [0.717, 1.165) is 19.3 Å². The van der Waals surface area contributed by atoms with Crippen LogP contribution in [0.3, 0.4) is 0 Å². The second kappa shape index (κ2) is 6.16. The van der Waals surface area contributed by atoms with Gasteiger partial charge >= 0.3 is 0 Å². The van der Waals surface area contributed by atoms with Crippen LogP contribution in [0.15, 0.2) is 35.2 Å². The van der Waals surface area contributed by atoms with E-state index in [-0.39, 0.29) is 17.5 Å². The summed E-state index contributed by atoms with van der Waals surface area (Å²) < 4.78 is 26.5. The van der Waals surface area contributed by atoms with E-state index < -0.39 is 10.0 Å². The molecule has 6 heteroatoms. The van der Waals surface area contributed by atoms with Gasteiger partial charge in [0.1, 0.15) is 0 Å². The van der Waals surface area contributed by atoms with Crippen LogP contribution in [0.5, 0.6) is 0 Å². The van der Waals surface area contributed by atoms with Gasteiger partial charge in [-0.05, 0) is 25.0 Å². The van der Waals surface area contributed by atoms with E-state index >= 15 is 0 Å². The minimum absolute atomic E-state index is 0.0215. The first kappa shape index (κ1) is 14.0. The number of benzene rings is 1. The van der Waals surface area contributed by atoms with E-state index in [1.807, 2.05) is 0 Å². The molecule has 0 bridgehead atoms. The molecule has 0 aliphatic carbocycles. The Balaban J connectivity index is 1.99. The van der Waals surface area contributed by atoms with Crippen molar-refractivity contribution in [2.45, 2.75) is 30.6 Å². The van der Waals surface area contributed by atoms with Gasteiger partial charge in [0, 0.05) is 13.0 Å². The van der Waals surface area contributed by atoms with E-state index in [0.29, 0.717) is 13.0 Å². The van der Waals surface area contributed by atoms with Crippen molar-refractivity contribution in [1.29, 1.82) is 0 Å². The standard InChI is InChI=1S/C13H18N2O3S/c16-13-9-5-2-6-10-15(13)11-14-19(17,18)12-7-3-1-4-8-12/h1,3-4,7-8,14H,2,5-6,9-11H2. The highest BCUT2D eigenvalue weighted by atomic mass is 32.2. The van der Waals surface area contributed by atoms with Gasteiger partial charge in [-0.1, -0.05) is 24.6 Å². The zero-order valence-electron chi connectivity index (χ0n) is 10.7. The quantitative estimate of drug-likeness (QED) is 0.906. The molecule has 19 heavy (non-hydrogen) atoms. The molecule has 104 valence electrons. The fourth-order valence-electron chi connectivity index (χ4n) is 2.05. The summed E-state index contributed by atoms with van der Waals surface area (Å²) in [6.07, 6.45) is 3.35. The monoisotopic (exact) mass is 282 g/mol. The van der Waals surface area contributed by atoms with E-state index in [2.05, 4.69) is 4.72 Å². The average molecular weight is 282 g/mol. The SMILES string of the molecule is O=C1CCCCCN1CNS(=O)(=O)c1ccccc1. The first-order chi connectivity index (χ1) is 9.09. The third kappa shape index (κ3) is 3.78. The molecule has 1 aliphatic rings. The number of hydrogen-bond donors (Lipinski definition) is 1. The molecule has 1 fully saturated rings. The molecule has 1 amide bonds. The lowest BCUT2D eigenvalue weighted by molar-refractivity contribution is -0.130. The van der Waals surface area contributed by atoms with Gasteiger partial charge in [0.2, 0.25) is 15.9 Å². The number of likely N-dealkylation sites (tertiary alicyclic amines) is 1. The molecule has 2 rings (SSSR count). The van der Waals surface area contributed by atoms with E-state index in [9.17, 15) is 13.2 Å². The smallest absolute Gasteiger partial charge is 0.242 e. The van der Waals surface area contributed by atoms with Gasteiger partial charge in [-0.15, -0.1) is 0 Å². The third-order valence-corrected chi connectivity index (χ3v) is 4.57. The largest absolute Gasteiger partial charge is 0.329 e. The molecule has 1 aromatic carbocycles. The van der Waals surface area contributed by atoms with Gasteiger partial charge in [0.05, 0.1) is 11.6 Å². The summed E-state index contributed by atoms with van der Waals surface area (Å²) in [4.78, 5) is 13.6. The van der Waals surface area contributed by atoms with E-state index in [4.69, 9.17) is 0 Å². The maximum atomic E-state index is 12.0. The zero-order chi connectivity index (χ0) is 13.7. The van der Waals surface area contributed by atoms with Crippen molar-refractivity contribution < 1.29 is 13.2 Å². The maximum Gasteiger partial charge on any atom is 0.242 e. The Hall–Kier alpha value is -1.40. The van der Waals surface area contributed by atoms with Gasteiger partial charge in [-0.2, -0.15) is 4.72 Å². The second-order valence-corrected chi connectivity index (χ2v) is 6.35. The molecule has 5 nitrogen and oxygen atoms in total. The van der Waals surface area contributed by atoms with Crippen LogP contribution in [0.4, 0.5) is 0 Å². The van der Waals surface area contributed by atoms with E-state index in [1.54, 1.807) is 23.1 Å². The Morgan fingerprint density at radius 2 is 1.84 bits per heavy atom. The first-order valence-corrected chi connectivity index (χ1v) is 7.90. The Bertz CT molecular complexity index is 528. The summed E-state index contributed by atoms with van der Waals surface area (Å²) in [5.74, 6) is 0.0215. The minimum Gasteiger partial charge on any atom is -0.329 e. The molecule has 1 N–H and O–H groups in total. The Labute approximate surface area is 113 Å². The number of nitrogens with one attached hydrogen (secondary N) is 1. The summed E-state index contributed by atoms with van der Waals surface area (Å²) in [7, 11) is -3.54. The van der Waals surface area contributed by atoms with Crippen LogP contribution in [0.25, 0.3) is 0 Å². The molecule has 1 saturated heterocycles. The van der Waals surface area contributed by atoms with Crippen molar-refractivity contribution in [3.8, 4) is 0 Å². The van der Waals surface area contributed by atoms with Crippen LogP contribution in [0, 0.1) is 0 Å². The number of rotatable bonds is 4. The van der Waals surface area contributed by atoms with Crippen molar-refractivity contribution in [3.63, 3.8) is 0 Å². The van der Waals surface area contributed by atoms with Gasteiger partial charge in [-0.25, -0.2) is 8.42 Å². The second-order valence-electron chi connectivity index (χ2n) is 4.59. The minimum atomic E-state index is -3.54. The molecule has 0 atom stereocenters. The number of amides is 1. The summed E-state index contributed by atoms with van der Waals surface area (Å²) in [6, 6.07) is 8.17. The normalized spacial score (nSPS) is 17.3. The van der Waals surface area contributed by atoms with E-state index in [1.165, 1.54) is 12.1 Å². The molecule has 1 aliphatic heterocycles. The van der Waals surface area contributed by atoms with Gasteiger partial charge in [0.25, 0.3) is 0 Å². The van der Waals surface area contributed by atoms with Crippen molar-refractivity contribution in [2.24, 2.45) is 0 Å². The first-order valence-electron chi connectivity index (χ1n) is 6.42. The summed E-state index contributed by atoms with van der Waals surface area (Å²) in [6.45, 7) is 0.673. The number of nitrogens with zero attached hydrogens (tertiary/aromatic N) is 1. The molecular weight excluding hydrogens is 264 g/mol. The lowest BCUT2D eigenvalue weighted by Gasteiger charge is -2.20. The number of carbonyl (C=O) groups excluding carboxylic acids is 1. The predicted octanol–water partition coefficient (Wildman–Crippen LogP) is 1.32. The number of sulfonamides is 1. The highest BCUT2D eigenvalue weighted by Gasteiger charge is 2.19. The average Bonchev–Trinajstić information content (AvgIpc) is 2.62. The van der Waals surface area contributed by atoms with Crippen molar-refractivity contribution >= 4 is 15.9 Å². The maximum absolute atomic E-state index is 12.0. The van der Waals surface area contributed by atoms with Crippen molar-refractivity contribution in [1.82, 2.24) is 9.62 Å². The Morgan fingerprint density at radius 3 is 2.58 bits per heavy atom. The molecule has 0 radical (unpaired) electrons. The van der Waals surface area contributed by atoms with Gasteiger partial charge in [0.15, 0.2) is 0 Å². The highest BCUT2D eigenvalue weighted by Crippen LogP contribution is 2.11. The topological polar surface area (TPSA) is 66.5 Å². The van der Waals surface area contributed by atoms with Crippen LogP contribution in [-0.4, -0.2) is 32.4 Å². The van der Waals surface area contributed by atoms with Crippen molar-refractivity contribution in [3.05, 3.63) is 30.3 Å². The third-order valence-electron chi connectivity index (χ3n) is 3.17. The molecule has 0 aromatic heterocycles. The van der Waals surface area contributed by atoms with Crippen LogP contribution in [0.2, 0.25) is 0 Å². The molecule has 0 unspecified atom stereocenters.